The maximum Gasteiger partial charge on any atom is 0.355 e. The predicted molar refractivity (Wildman–Crippen MR) is 151 cm³/mol. The number of nitrogens with one attached hydrogen (secondary N) is 3. The van der Waals surface area contributed by atoms with Crippen LogP contribution < -0.4 is 10.0 Å². The van der Waals surface area contributed by atoms with Crippen LogP contribution in [0.3, 0.4) is 0 Å². The normalized spacial score (nSPS) is 11.5. The molecule has 4 aromatic rings. The van der Waals surface area contributed by atoms with Crippen molar-refractivity contribution in [2.75, 3.05) is 25.4 Å². The molecule has 0 unspecified atom stereocenters. The van der Waals surface area contributed by atoms with Gasteiger partial charge in [0.15, 0.2) is 0 Å². The summed E-state index contributed by atoms with van der Waals surface area (Å²) in [5, 5.41) is 3.47. The van der Waals surface area contributed by atoms with E-state index in [4.69, 9.17) is 4.74 Å². The number of carbonyl (C=O) groups is 1. The SMILES string of the molecule is CCOC(=O)c1[nH]c2ccc(NS(=O)(=O)c3ccc(C(C)(C)C)cc3)cc2c1-c1ccccc1.CNC. The number of fused-ring (bicyclic) bond motifs is 1. The molecule has 0 aliphatic rings. The molecule has 0 saturated carbocycles. The van der Waals surface area contributed by atoms with Crippen molar-refractivity contribution in [3.05, 3.63) is 84.1 Å². The molecule has 0 radical (unpaired) electrons. The van der Waals surface area contributed by atoms with Crippen molar-refractivity contribution < 1.29 is 17.9 Å². The number of anilines is 1. The summed E-state index contributed by atoms with van der Waals surface area (Å²) in [5.74, 6) is -0.460. The standard InChI is InChI=1S/C27H28N2O4S.C2H7N/c1-5-33-26(30)25-24(18-9-7-6-8-10-18)22-17-20(13-16-23(22)28-25)29-34(31,32)21-14-11-19(12-15-21)27(2,3)4;1-3-2/h6-17,28-29H,5H2,1-4H3;3H,1-2H3. The summed E-state index contributed by atoms with van der Waals surface area (Å²) in [5.41, 5.74) is 3.93. The van der Waals surface area contributed by atoms with Crippen LogP contribution in [0, 0.1) is 0 Å². The zero-order valence-corrected chi connectivity index (χ0v) is 23.0. The van der Waals surface area contributed by atoms with Gasteiger partial charge in [-0.05, 0) is 67.9 Å². The van der Waals surface area contributed by atoms with Gasteiger partial charge in [0.25, 0.3) is 10.0 Å². The van der Waals surface area contributed by atoms with Crippen LogP contribution in [0.25, 0.3) is 22.0 Å². The Morgan fingerprint density at radius 2 is 1.57 bits per heavy atom. The largest absolute Gasteiger partial charge is 0.461 e. The number of ether oxygens (including phenoxy) is 1. The average Bonchev–Trinajstić information content (AvgIpc) is 3.23. The second-order valence-electron chi connectivity index (χ2n) is 9.60. The van der Waals surface area contributed by atoms with E-state index in [1.807, 2.05) is 56.6 Å². The van der Waals surface area contributed by atoms with E-state index in [2.05, 4.69) is 35.8 Å². The van der Waals surface area contributed by atoms with Gasteiger partial charge in [-0.1, -0.05) is 63.2 Å². The Morgan fingerprint density at radius 3 is 2.14 bits per heavy atom. The quantitative estimate of drug-likeness (QED) is 0.273. The van der Waals surface area contributed by atoms with E-state index in [0.717, 1.165) is 16.5 Å². The first-order chi connectivity index (χ1) is 17.5. The molecule has 4 rings (SSSR count). The highest BCUT2D eigenvalue weighted by molar-refractivity contribution is 7.92. The summed E-state index contributed by atoms with van der Waals surface area (Å²) in [6, 6.07) is 21.5. The third-order valence-corrected chi connectivity index (χ3v) is 7.02. The number of rotatable bonds is 6. The highest BCUT2D eigenvalue weighted by Gasteiger charge is 2.22. The van der Waals surface area contributed by atoms with Crippen molar-refractivity contribution in [2.45, 2.75) is 38.0 Å². The molecule has 37 heavy (non-hydrogen) atoms. The van der Waals surface area contributed by atoms with Gasteiger partial charge in [0.2, 0.25) is 0 Å². The lowest BCUT2D eigenvalue weighted by Crippen LogP contribution is -2.14. The molecule has 0 amide bonds. The number of aromatic amines is 1. The van der Waals surface area contributed by atoms with Gasteiger partial charge in [0, 0.05) is 22.2 Å². The van der Waals surface area contributed by atoms with Gasteiger partial charge in [-0.15, -0.1) is 0 Å². The van der Waals surface area contributed by atoms with Gasteiger partial charge >= 0.3 is 5.97 Å². The summed E-state index contributed by atoms with van der Waals surface area (Å²) in [6.07, 6.45) is 0. The van der Waals surface area contributed by atoms with Gasteiger partial charge in [-0.2, -0.15) is 0 Å². The molecule has 3 N–H and O–H groups in total. The van der Waals surface area contributed by atoms with Crippen LogP contribution in [-0.4, -0.2) is 40.1 Å². The van der Waals surface area contributed by atoms with Crippen molar-refractivity contribution in [1.29, 1.82) is 0 Å². The molecule has 7 nitrogen and oxygen atoms in total. The lowest BCUT2D eigenvalue weighted by atomic mass is 9.87. The fraction of sp³-hybridized carbons (Fsp3) is 0.276. The molecule has 3 aromatic carbocycles. The Balaban J connectivity index is 0.00000121. The average molecular weight is 522 g/mol. The zero-order chi connectivity index (χ0) is 27.2. The van der Waals surface area contributed by atoms with Crippen LogP contribution >= 0.6 is 0 Å². The molecule has 1 heterocycles. The van der Waals surface area contributed by atoms with E-state index < -0.39 is 16.0 Å². The van der Waals surface area contributed by atoms with Crippen LogP contribution in [0.2, 0.25) is 0 Å². The number of aromatic nitrogens is 1. The highest BCUT2D eigenvalue weighted by Crippen LogP contribution is 2.35. The van der Waals surface area contributed by atoms with E-state index >= 15 is 0 Å². The van der Waals surface area contributed by atoms with E-state index in [-0.39, 0.29) is 16.9 Å². The molecule has 0 aliphatic carbocycles. The van der Waals surface area contributed by atoms with Crippen LogP contribution in [-0.2, 0) is 20.2 Å². The molecule has 0 aliphatic heterocycles. The Hall–Kier alpha value is -3.62. The first kappa shape index (κ1) is 28.0. The number of sulfonamides is 1. The first-order valence-corrected chi connectivity index (χ1v) is 13.6. The summed E-state index contributed by atoms with van der Waals surface area (Å²) in [7, 11) is -0.0417. The molecule has 8 heteroatoms. The second-order valence-corrected chi connectivity index (χ2v) is 11.3. The fourth-order valence-electron chi connectivity index (χ4n) is 3.86. The second kappa shape index (κ2) is 11.6. The number of esters is 1. The zero-order valence-electron chi connectivity index (χ0n) is 22.2. The van der Waals surface area contributed by atoms with Crippen molar-refractivity contribution in [3.63, 3.8) is 0 Å². The Labute approximate surface area is 219 Å². The number of hydrogen-bond donors (Lipinski definition) is 3. The van der Waals surface area contributed by atoms with Gasteiger partial charge in [-0.3, -0.25) is 4.72 Å². The molecular formula is C29H35N3O4S. The minimum Gasteiger partial charge on any atom is -0.461 e. The molecule has 0 spiro atoms. The Morgan fingerprint density at radius 1 is 0.946 bits per heavy atom. The van der Waals surface area contributed by atoms with Crippen LogP contribution in [0.1, 0.15) is 43.7 Å². The van der Waals surface area contributed by atoms with Gasteiger partial charge in [0.1, 0.15) is 5.69 Å². The lowest BCUT2D eigenvalue weighted by molar-refractivity contribution is 0.0521. The predicted octanol–water partition coefficient (Wildman–Crippen LogP) is 5.95. The molecular weight excluding hydrogens is 486 g/mol. The number of H-pyrrole nitrogens is 1. The van der Waals surface area contributed by atoms with E-state index in [0.29, 0.717) is 22.5 Å². The Kier molecular flexibility index (Phi) is 8.78. The lowest BCUT2D eigenvalue weighted by Gasteiger charge is -2.19. The van der Waals surface area contributed by atoms with E-state index in [1.54, 1.807) is 37.3 Å². The van der Waals surface area contributed by atoms with Crippen LogP contribution in [0.15, 0.2) is 77.7 Å². The number of hydrogen-bond acceptors (Lipinski definition) is 5. The fourth-order valence-corrected chi connectivity index (χ4v) is 4.91. The maximum absolute atomic E-state index is 13.1. The minimum atomic E-state index is -3.79. The maximum atomic E-state index is 13.1. The monoisotopic (exact) mass is 521 g/mol. The van der Waals surface area contributed by atoms with Gasteiger partial charge in [0.05, 0.1) is 11.5 Å². The van der Waals surface area contributed by atoms with Crippen molar-refractivity contribution >= 4 is 32.6 Å². The van der Waals surface area contributed by atoms with Crippen molar-refractivity contribution in [1.82, 2.24) is 10.3 Å². The van der Waals surface area contributed by atoms with Crippen molar-refractivity contribution in [3.8, 4) is 11.1 Å². The number of benzene rings is 3. The summed E-state index contributed by atoms with van der Waals surface area (Å²) >= 11 is 0. The van der Waals surface area contributed by atoms with E-state index in [1.165, 1.54) is 0 Å². The third-order valence-electron chi connectivity index (χ3n) is 5.62. The van der Waals surface area contributed by atoms with Crippen LogP contribution in [0.5, 0.6) is 0 Å². The highest BCUT2D eigenvalue weighted by atomic mass is 32.2. The molecule has 0 fully saturated rings. The molecule has 0 saturated heterocycles. The number of carbonyl (C=O) groups excluding carboxylic acids is 1. The molecule has 0 bridgehead atoms. The minimum absolute atomic E-state index is 0.0699. The summed E-state index contributed by atoms with van der Waals surface area (Å²) < 4.78 is 34.0. The van der Waals surface area contributed by atoms with Gasteiger partial charge < -0.3 is 15.0 Å². The molecule has 1 aromatic heterocycles. The molecule has 0 atom stereocenters. The van der Waals surface area contributed by atoms with Crippen molar-refractivity contribution in [2.24, 2.45) is 0 Å². The molecule has 196 valence electrons. The smallest absolute Gasteiger partial charge is 0.355 e. The summed E-state index contributed by atoms with van der Waals surface area (Å²) in [6.45, 7) is 8.24. The Bertz CT molecular complexity index is 1450. The first-order valence-electron chi connectivity index (χ1n) is 12.1. The summed E-state index contributed by atoms with van der Waals surface area (Å²) in [4.78, 5) is 16.0. The van der Waals surface area contributed by atoms with E-state index in [9.17, 15) is 13.2 Å². The van der Waals surface area contributed by atoms with Gasteiger partial charge in [-0.25, -0.2) is 13.2 Å². The third kappa shape index (κ3) is 6.58. The van der Waals surface area contributed by atoms with Crippen LogP contribution in [0.4, 0.5) is 5.69 Å². The topological polar surface area (TPSA) is 100 Å².